The van der Waals surface area contributed by atoms with Gasteiger partial charge in [-0.3, -0.25) is 0 Å². The van der Waals surface area contributed by atoms with Crippen molar-refractivity contribution in [2.24, 2.45) is 0 Å². The molecule has 0 spiro atoms. The van der Waals surface area contributed by atoms with E-state index in [1.807, 2.05) is 0 Å². The zero-order valence-corrected chi connectivity index (χ0v) is 10.9. The number of fused-ring (bicyclic) bond motifs is 1. The lowest BCUT2D eigenvalue weighted by molar-refractivity contribution is 0.591. The molecular weight excluding hydrogens is 192 g/mol. The van der Waals surface area contributed by atoms with Crippen LogP contribution in [-0.2, 0) is 5.41 Å². The van der Waals surface area contributed by atoms with Crippen LogP contribution in [0.5, 0.6) is 0 Å². The molecule has 0 amide bonds. The van der Waals surface area contributed by atoms with Crippen LogP contribution in [0.4, 0.5) is 0 Å². The number of hydrogen-bond acceptors (Lipinski definition) is 0. The topological polar surface area (TPSA) is 0 Å². The predicted molar refractivity (Wildman–Crippen MR) is 72.1 cm³/mol. The summed E-state index contributed by atoms with van der Waals surface area (Å²) in [5.74, 6) is 0. The van der Waals surface area contributed by atoms with E-state index in [4.69, 9.17) is 0 Å². The summed E-state index contributed by atoms with van der Waals surface area (Å²) >= 11 is 0. The van der Waals surface area contributed by atoms with Crippen molar-refractivity contribution in [2.75, 3.05) is 0 Å². The van der Waals surface area contributed by atoms with E-state index in [2.05, 4.69) is 65.0 Å². The molecule has 16 heavy (non-hydrogen) atoms. The molecule has 0 heterocycles. The molecule has 2 rings (SSSR count). The Kier molecular flexibility index (Phi) is 2.53. The molecule has 0 nitrogen and oxygen atoms in total. The van der Waals surface area contributed by atoms with Gasteiger partial charge < -0.3 is 0 Å². The summed E-state index contributed by atoms with van der Waals surface area (Å²) in [6, 6.07) is 11.3. The molecule has 84 valence electrons. The molecule has 0 aliphatic rings. The highest BCUT2D eigenvalue weighted by atomic mass is 14.2. The molecule has 0 aromatic heterocycles. The van der Waals surface area contributed by atoms with Gasteiger partial charge >= 0.3 is 0 Å². The molecule has 0 aliphatic heterocycles. The van der Waals surface area contributed by atoms with Crippen molar-refractivity contribution in [2.45, 2.75) is 40.0 Å². The molecule has 0 aliphatic carbocycles. The standard InChI is InChI=1S/C16H20/c1-11-6-7-12(2)15-10-13(16(3,4)5)8-9-14(11)15/h6-10H,1-5H3. The highest BCUT2D eigenvalue weighted by Crippen LogP contribution is 2.29. The lowest BCUT2D eigenvalue weighted by Crippen LogP contribution is -2.10. The summed E-state index contributed by atoms with van der Waals surface area (Å²) in [5.41, 5.74) is 4.37. The minimum absolute atomic E-state index is 0.227. The molecule has 0 saturated heterocycles. The third-order valence-corrected chi connectivity index (χ3v) is 3.32. The first-order chi connectivity index (χ1) is 7.39. The van der Waals surface area contributed by atoms with Gasteiger partial charge in [0.2, 0.25) is 0 Å². The third-order valence-electron chi connectivity index (χ3n) is 3.32. The first-order valence-corrected chi connectivity index (χ1v) is 5.90. The number of benzene rings is 2. The molecule has 0 radical (unpaired) electrons. The van der Waals surface area contributed by atoms with Crippen LogP contribution >= 0.6 is 0 Å². The van der Waals surface area contributed by atoms with Crippen molar-refractivity contribution in [1.82, 2.24) is 0 Å². The quantitative estimate of drug-likeness (QED) is 0.591. The van der Waals surface area contributed by atoms with Gasteiger partial charge in [0.1, 0.15) is 0 Å². The maximum absolute atomic E-state index is 2.34. The highest BCUT2D eigenvalue weighted by Gasteiger charge is 2.14. The van der Waals surface area contributed by atoms with Crippen molar-refractivity contribution in [1.29, 1.82) is 0 Å². The molecule has 0 N–H and O–H groups in total. The van der Waals surface area contributed by atoms with Gasteiger partial charge in [0.15, 0.2) is 0 Å². The molecule has 0 heteroatoms. The van der Waals surface area contributed by atoms with Gasteiger partial charge in [-0.15, -0.1) is 0 Å². The Bertz CT molecular complexity index is 527. The van der Waals surface area contributed by atoms with Gasteiger partial charge in [-0.05, 0) is 46.7 Å². The lowest BCUT2D eigenvalue weighted by Gasteiger charge is -2.20. The average Bonchev–Trinajstić information content (AvgIpc) is 2.22. The third kappa shape index (κ3) is 1.84. The first-order valence-electron chi connectivity index (χ1n) is 5.90. The fourth-order valence-electron chi connectivity index (χ4n) is 2.11. The molecule has 2 aromatic carbocycles. The second kappa shape index (κ2) is 3.62. The van der Waals surface area contributed by atoms with Gasteiger partial charge in [-0.25, -0.2) is 0 Å². The Labute approximate surface area is 98.3 Å². The molecule has 2 aromatic rings. The van der Waals surface area contributed by atoms with E-state index < -0.39 is 0 Å². The Morgan fingerprint density at radius 3 is 1.88 bits per heavy atom. The normalized spacial score (nSPS) is 12.1. The van der Waals surface area contributed by atoms with E-state index in [0.717, 1.165) is 0 Å². The molecule has 0 saturated carbocycles. The van der Waals surface area contributed by atoms with Crippen LogP contribution in [0.3, 0.4) is 0 Å². The molecule has 0 bridgehead atoms. The summed E-state index contributed by atoms with van der Waals surface area (Å²) in [6.45, 7) is 11.2. The van der Waals surface area contributed by atoms with Gasteiger partial charge in [0.25, 0.3) is 0 Å². The smallest absolute Gasteiger partial charge is 0.0132 e. The second-order valence-corrected chi connectivity index (χ2v) is 5.71. The lowest BCUT2D eigenvalue weighted by atomic mass is 9.85. The monoisotopic (exact) mass is 212 g/mol. The summed E-state index contributed by atoms with van der Waals surface area (Å²) in [6.07, 6.45) is 0. The Morgan fingerprint density at radius 2 is 1.31 bits per heavy atom. The minimum Gasteiger partial charge on any atom is -0.0584 e. The number of rotatable bonds is 0. The minimum atomic E-state index is 0.227. The maximum Gasteiger partial charge on any atom is -0.0132 e. The van der Waals surface area contributed by atoms with Crippen LogP contribution in [0, 0.1) is 13.8 Å². The molecular formula is C16H20. The fourth-order valence-corrected chi connectivity index (χ4v) is 2.11. The largest absolute Gasteiger partial charge is 0.0584 e. The van der Waals surface area contributed by atoms with Crippen molar-refractivity contribution < 1.29 is 0 Å². The van der Waals surface area contributed by atoms with Crippen molar-refractivity contribution in [3.8, 4) is 0 Å². The Morgan fingerprint density at radius 1 is 0.750 bits per heavy atom. The Balaban J connectivity index is 2.76. The van der Waals surface area contributed by atoms with Crippen LogP contribution in [0.25, 0.3) is 10.8 Å². The van der Waals surface area contributed by atoms with Crippen LogP contribution in [0.15, 0.2) is 30.3 Å². The van der Waals surface area contributed by atoms with Crippen LogP contribution in [-0.4, -0.2) is 0 Å². The van der Waals surface area contributed by atoms with Crippen molar-refractivity contribution in [3.05, 3.63) is 47.0 Å². The van der Waals surface area contributed by atoms with Crippen molar-refractivity contribution in [3.63, 3.8) is 0 Å². The zero-order valence-electron chi connectivity index (χ0n) is 10.9. The molecule has 0 unspecified atom stereocenters. The number of aryl methyl sites for hydroxylation is 2. The summed E-state index contributed by atoms with van der Waals surface area (Å²) in [5, 5.41) is 2.78. The van der Waals surface area contributed by atoms with Crippen LogP contribution in [0.1, 0.15) is 37.5 Å². The number of hydrogen-bond donors (Lipinski definition) is 0. The van der Waals surface area contributed by atoms with Crippen LogP contribution < -0.4 is 0 Å². The van der Waals surface area contributed by atoms with Gasteiger partial charge in [-0.1, -0.05) is 51.1 Å². The zero-order chi connectivity index (χ0) is 11.9. The van der Waals surface area contributed by atoms with Crippen LogP contribution in [0.2, 0.25) is 0 Å². The van der Waals surface area contributed by atoms with E-state index in [1.165, 1.54) is 27.5 Å². The van der Waals surface area contributed by atoms with E-state index >= 15 is 0 Å². The molecule has 0 fully saturated rings. The molecule has 0 atom stereocenters. The second-order valence-electron chi connectivity index (χ2n) is 5.71. The SMILES string of the molecule is Cc1ccc(C)c2cc(C(C)(C)C)ccc12. The fraction of sp³-hybridized carbons (Fsp3) is 0.375. The summed E-state index contributed by atoms with van der Waals surface area (Å²) in [7, 11) is 0. The first kappa shape index (κ1) is 11.2. The van der Waals surface area contributed by atoms with E-state index in [1.54, 1.807) is 0 Å². The van der Waals surface area contributed by atoms with Crippen molar-refractivity contribution >= 4 is 10.8 Å². The van der Waals surface area contributed by atoms with Gasteiger partial charge in [0.05, 0.1) is 0 Å². The predicted octanol–water partition coefficient (Wildman–Crippen LogP) is 4.75. The summed E-state index contributed by atoms with van der Waals surface area (Å²) in [4.78, 5) is 0. The maximum atomic E-state index is 2.34. The van der Waals surface area contributed by atoms with E-state index in [0.29, 0.717) is 0 Å². The van der Waals surface area contributed by atoms with E-state index in [9.17, 15) is 0 Å². The summed E-state index contributed by atoms with van der Waals surface area (Å²) < 4.78 is 0. The van der Waals surface area contributed by atoms with E-state index in [-0.39, 0.29) is 5.41 Å². The Hall–Kier alpha value is -1.30. The van der Waals surface area contributed by atoms with Gasteiger partial charge in [0, 0.05) is 0 Å². The van der Waals surface area contributed by atoms with Gasteiger partial charge in [-0.2, -0.15) is 0 Å². The highest BCUT2D eigenvalue weighted by molar-refractivity contribution is 5.89. The average molecular weight is 212 g/mol.